The summed E-state index contributed by atoms with van der Waals surface area (Å²) in [4.78, 5) is 15.5. The molecular formula is C11H11F2N3O2. The molecule has 18 heavy (non-hydrogen) atoms. The molecule has 2 heterocycles. The fraction of sp³-hybridized carbons (Fsp3) is 0.364. The molecule has 0 atom stereocenters. The second kappa shape index (κ2) is 4.67. The highest BCUT2D eigenvalue weighted by atomic mass is 19.3. The summed E-state index contributed by atoms with van der Waals surface area (Å²) in [6.07, 6.45) is -1.75. The Morgan fingerprint density at radius 3 is 2.89 bits per heavy atom. The summed E-state index contributed by atoms with van der Waals surface area (Å²) in [6.45, 7) is 3.37. The summed E-state index contributed by atoms with van der Waals surface area (Å²) in [6, 6.07) is 1.56. The van der Waals surface area contributed by atoms with Gasteiger partial charge in [-0.25, -0.2) is 23.1 Å². The Kier molecular flexibility index (Phi) is 3.22. The number of ether oxygens (including phenoxy) is 1. The fourth-order valence-corrected chi connectivity index (χ4v) is 1.64. The lowest BCUT2D eigenvalue weighted by atomic mass is 10.2. The molecule has 0 unspecified atom stereocenters. The zero-order valence-corrected chi connectivity index (χ0v) is 9.85. The predicted molar refractivity (Wildman–Crippen MR) is 58.6 cm³/mol. The maximum atomic E-state index is 13.1. The molecule has 0 spiro atoms. The van der Waals surface area contributed by atoms with Gasteiger partial charge in [-0.05, 0) is 13.8 Å². The van der Waals surface area contributed by atoms with E-state index in [0.717, 1.165) is 10.7 Å². The van der Waals surface area contributed by atoms with Gasteiger partial charge in [0.15, 0.2) is 5.65 Å². The summed E-state index contributed by atoms with van der Waals surface area (Å²) in [5.41, 5.74) is 0.0651. The Morgan fingerprint density at radius 2 is 2.28 bits per heavy atom. The number of fused-ring (bicyclic) bond motifs is 1. The highest BCUT2D eigenvalue weighted by Crippen LogP contribution is 2.24. The highest BCUT2D eigenvalue weighted by molar-refractivity contribution is 5.90. The highest BCUT2D eigenvalue weighted by Gasteiger charge is 2.24. The van der Waals surface area contributed by atoms with Crippen LogP contribution in [0.5, 0.6) is 0 Å². The van der Waals surface area contributed by atoms with Gasteiger partial charge >= 0.3 is 5.97 Å². The lowest BCUT2D eigenvalue weighted by Gasteiger charge is -2.09. The van der Waals surface area contributed by atoms with Gasteiger partial charge in [0.05, 0.1) is 12.3 Å². The van der Waals surface area contributed by atoms with Gasteiger partial charge in [-0.3, -0.25) is 0 Å². The number of carbonyl (C=O) groups excluding carboxylic acids is 1. The molecule has 0 radical (unpaired) electrons. The molecule has 2 aromatic rings. The zero-order valence-electron chi connectivity index (χ0n) is 9.85. The average Bonchev–Trinajstić information content (AvgIpc) is 2.67. The number of carbonyl (C=O) groups is 1. The molecule has 0 aliphatic carbocycles. The Labute approximate surface area is 101 Å². The van der Waals surface area contributed by atoms with E-state index in [1.165, 1.54) is 0 Å². The van der Waals surface area contributed by atoms with E-state index in [4.69, 9.17) is 4.74 Å². The summed E-state index contributed by atoms with van der Waals surface area (Å²) in [5.74, 6) is -0.824. The van der Waals surface area contributed by atoms with Crippen LogP contribution in [0, 0.1) is 6.92 Å². The van der Waals surface area contributed by atoms with Gasteiger partial charge in [0, 0.05) is 12.3 Å². The first kappa shape index (κ1) is 12.4. The maximum absolute atomic E-state index is 13.1. The van der Waals surface area contributed by atoms with Crippen molar-refractivity contribution in [3.63, 3.8) is 0 Å². The first-order valence-corrected chi connectivity index (χ1v) is 5.35. The lowest BCUT2D eigenvalue weighted by Crippen LogP contribution is -2.13. The van der Waals surface area contributed by atoms with E-state index in [1.54, 1.807) is 19.9 Å². The van der Waals surface area contributed by atoms with Crippen molar-refractivity contribution in [1.82, 2.24) is 14.6 Å². The van der Waals surface area contributed by atoms with Crippen LogP contribution in [-0.2, 0) is 4.74 Å². The van der Waals surface area contributed by atoms with Gasteiger partial charge in [0.1, 0.15) is 11.3 Å². The number of alkyl halides is 2. The van der Waals surface area contributed by atoms with E-state index in [1.807, 2.05) is 0 Å². The van der Waals surface area contributed by atoms with Crippen molar-refractivity contribution in [2.24, 2.45) is 0 Å². The molecule has 0 N–H and O–H groups in total. The van der Waals surface area contributed by atoms with Crippen LogP contribution in [-0.4, -0.2) is 27.2 Å². The van der Waals surface area contributed by atoms with Crippen molar-refractivity contribution in [1.29, 1.82) is 0 Å². The smallest absolute Gasteiger partial charge is 0.341 e. The zero-order chi connectivity index (χ0) is 13.3. The van der Waals surface area contributed by atoms with E-state index in [9.17, 15) is 13.6 Å². The SMILES string of the molecule is CCOC(=O)c1cnc2cc(C)nn2c1C(F)F. The largest absolute Gasteiger partial charge is 0.462 e. The van der Waals surface area contributed by atoms with E-state index >= 15 is 0 Å². The molecule has 7 heteroatoms. The van der Waals surface area contributed by atoms with E-state index in [2.05, 4.69) is 10.1 Å². The molecule has 2 rings (SSSR count). The number of rotatable bonds is 3. The van der Waals surface area contributed by atoms with Crippen LogP contribution in [0.2, 0.25) is 0 Å². The van der Waals surface area contributed by atoms with Crippen LogP contribution in [0.1, 0.15) is 35.1 Å². The Hall–Kier alpha value is -2.05. The second-order valence-electron chi connectivity index (χ2n) is 3.63. The number of nitrogens with zero attached hydrogens (tertiary/aromatic N) is 3. The normalized spacial score (nSPS) is 11.2. The van der Waals surface area contributed by atoms with Crippen LogP contribution in [0.25, 0.3) is 5.65 Å². The summed E-state index contributed by atoms with van der Waals surface area (Å²) in [7, 11) is 0. The van der Waals surface area contributed by atoms with Crippen molar-refractivity contribution in [3.8, 4) is 0 Å². The molecule has 0 saturated heterocycles. The van der Waals surface area contributed by atoms with Crippen LogP contribution in [0.4, 0.5) is 8.78 Å². The van der Waals surface area contributed by atoms with Gasteiger partial charge in [-0.2, -0.15) is 5.10 Å². The quantitative estimate of drug-likeness (QED) is 0.788. The van der Waals surface area contributed by atoms with Gasteiger partial charge in [-0.1, -0.05) is 0 Å². The predicted octanol–water partition coefficient (Wildman–Crippen LogP) is 2.15. The third kappa shape index (κ3) is 2.03. The van der Waals surface area contributed by atoms with Crippen molar-refractivity contribution >= 4 is 11.6 Å². The Balaban J connectivity index is 2.66. The summed E-state index contributed by atoms with van der Waals surface area (Å²) < 4.78 is 31.8. The van der Waals surface area contributed by atoms with Crippen LogP contribution < -0.4 is 0 Å². The number of halogens is 2. The third-order valence-corrected chi connectivity index (χ3v) is 2.34. The molecule has 96 valence electrons. The van der Waals surface area contributed by atoms with Crippen molar-refractivity contribution in [3.05, 3.63) is 29.2 Å². The molecule has 0 fully saturated rings. The monoisotopic (exact) mass is 255 g/mol. The minimum Gasteiger partial charge on any atom is -0.462 e. The number of aromatic nitrogens is 3. The molecule has 5 nitrogen and oxygen atoms in total. The number of esters is 1. The fourth-order valence-electron chi connectivity index (χ4n) is 1.64. The van der Waals surface area contributed by atoms with Crippen molar-refractivity contribution < 1.29 is 18.3 Å². The summed E-state index contributed by atoms with van der Waals surface area (Å²) >= 11 is 0. The summed E-state index contributed by atoms with van der Waals surface area (Å²) in [5, 5.41) is 3.90. The molecule has 0 aliphatic heterocycles. The first-order valence-electron chi connectivity index (χ1n) is 5.35. The standard InChI is InChI=1S/C11H11F2N3O2/c1-3-18-11(17)7-5-14-8-4-6(2)15-16(8)9(7)10(12)13/h4-5,10H,3H2,1-2H3. The molecule has 2 aromatic heterocycles. The molecule has 0 bridgehead atoms. The average molecular weight is 255 g/mol. The van der Waals surface area contributed by atoms with Crippen LogP contribution in [0.15, 0.2) is 12.3 Å². The molecule has 0 aromatic carbocycles. The number of hydrogen-bond acceptors (Lipinski definition) is 4. The minimum absolute atomic E-state index is 0.109. The molecule has 0 amide bonds. The van der Waals surface area contributed by atoms with Crippen molar-refractivity contribution in [2.75, 3.05) is 6.61 Å². The van der Waals surface area contributed by atoms with Gasteiger partial charge in [-0.15, -0.1) is 0 Å². The van der Waals surface area contributed by atoms with Crippen molar-refractivity contribution in [2.45, 2.75) is 20.3 Å². The van der Waals surface area contributed by atoms with Crippen LogP contribution in [0.3, 0.4) is 0 Å². The molecular weight excluding hydrogens is 244 g/mol. The lowest BCUT2D eigenvalue weighted by molar-refractivity contribution is 0.0511. The maximum Gasteiger partial charge on any atom is 0.341 e. The van der Waals surface area contributed by atoms with E-state index < -0.39 is 18.1 Å². The minimum atomic E-state index is -2.84. The Bertz CT molecular complexity index is 595. The van der Waals surface area contributed by atoms with E-state index in [0.29, 0.717) is 5.69 Å². The second-order valence-corrected chi connectivity index (χ2v) is 3.63. The van der Waals surface area contributed by atoms with Gasteiger partial charge < -0.3 is 4.74 Å². The number of aryl methyl sites for hydroxylation is 1. The van der Waals surface area contributed by atoms with E-state index in [-0.39, 0.29) is 17.8 Å². The Morgan fingerprint density at radius 1 is 1.56 bits per heavy atom. The topological polar surface area (TPSA) is 56.5 Å². The number of hydrogen-bond donors (Lipinski definition) is 0. The van der Waals surface area contributed by atoms with Gasteiger partial charge in [0.25, 0.3) is 6.43 Å². The molecule has 0 aliphatic rings. The van der Waals surface area contributed by atoms with Crippen LogP contribution >= 0.6 is 0 Å². The van der Waals surface area contributed by atoms with Gasteiger partial charge in [0.2, 0.25) is 0 Å². The first-order chi connectivity index (χ1) is 8.54. The molecule has 0 saturated carbocycles. The third-order valence-electron chi connectivity index (χ3n) is 2.34.